The predicted molar refractivity (Wildman–Crippen MR) is 92.5 cm³/mol. The van der Waals surface area contributed by atoms with E-state index in [0.29, 0.717) is 17.7 Å². The number of aliphatic hydroxyl groups is 1. The second-order valence-electron chi connectivity index (χ2n) is 6.09. The molecule has 1 aliphatic rings. The average molecular weight is 334 g/mol. The highest BCUT2D eigenvalue weighted by Gasteiger charge is 2.25. The molecule has 1 aliphatic carbocycles. The van der Waals surface area contributed by atoms with Gasteiger partial charge in [-0.3, -0.25) is 9.89 Å². The van der Waals surface area contributed by atoms with E-state index in [9.17, 15) is 14.3 Å². The van der Waals surface area contributed by atoms with Crippen molar-refractivity contribution in [1.82, 2.24) is 10.2 Å². The van der Waals surface area contributed by atoms with Crippen LogP contribution >= 0.6 is 0 Å². The van der Waals surface area contributed by atoms with Gasteiger partial charge in [-0.2, -0.15) is 5.10 Å². The first-order valence-corrected chi connectivity index (χ1v) is 7.92. The van der Waals surface area contributed by atoms with Crippen LogP contribution in [0.25, 0.3) is 17.3 Å². The molecule has 2 aromatic carbocycles. The van der Waals surface area contributed by atoms with Gasteiger partial charge in [0.25, 0.3) is 0 Å². The number of nitrogens with one attached hydrogen (secondary N) is 1. The smallest absolute Gasteiger partial charge is 0.150 e. The number of fused-ring (bicyclic) bond motifs is 1. The Morgan fingerprint density at radius 3 is 2.72 bits per heavy atom. The molecule has 0 spiro atoms. The lowest BCUT2D eigenvalue weighted by Gasteiger charge is -2.05. The summed E-state index contributed by atoms with van der Waals surface area (Å²) in [4.78, 5) is 10.9. The Hall–Kier alpha value is -3.05. The third-order valence-corrected chi connectivity index (χ3v) is 4.42. The van der Waals surface area contributed by atoms with Crippen LogP contribution in [0.15, 0.2) is 54.1 Å². The zero-order chi connectivity index (χ0) is 17.4. The lowest BCUT2D eigenvalue weighted by atomic mass is 10.1. The van der Waals surface area contributed by atoms with Crippen LogP contribution in [-0.4, -0.2) is 21.6 Å². The summed E-state index contributed by atoms with van der Waals surface area (Å²) in [7, 11) is 0. The van der Waals surface area contributed by atoms with Gasteiger partial charge in [-0.25, -0.2) is 4.39 Å². The van der Waals surface area contributed by atoms with Crippen LogP contribution in [-0.2, 0) is 6.42 Å². The van der Waals surface area contributed by atoms with E-state index in [0.717, 1.165) is 34.2 Å². The molecule has 1 heterocycles. The molecule has 2 N–H and O–H groups in total. The van der Waals surface area contributed by atoms with Gasteiger partial charge in [-0.15, -0.1) is 0 Å². The molecule has 1 aromatic heterocycles. The maximum absolute atomic E-state index is 13.0. The third kappa shape index (κ3) is 2.90. The molecular formula is C20H15FN2O2. The maximum Gasteiger partial charge on any atom is 0.150 e. The molecule has 0 fully saturated rings. The Bertz CT molecular complexity index is 974. The van der Waals surface area contributed by atoms with Crippen molar-refractivity contribution < 1.29 is 14.3 Å². The number of aliphatic hydroxyl groups excluding tert-OH is 1. The minimum absolute atomic E-state index is 0.289. The topological polar surface area (TPSA) is 66.0 Å². The number of carbonyl (C=O) groups is 1. The number of halogens is 1. The van der Waals surface area contributed by atoms with Crippen LogP contribution in [0.5, 0.6) is 0 Å². The Labute approximate surface area is 143 Å². The van der Waals surface area contributed by atoms with Gasteiger partial charge in [-0.05, 0) is 65.6 Å². The monoisotopic (exact) mass is 334 g/mol. The standard InChI is InChI=1S/C20H15FN2O2/c21-16-4-2-13(3-5-16)19-10-17(22-23-19)9-15-8-14-7-12(11-24)1-6-18(14)20(15)25/h1-7,9-11,20,25H,8H2,(H,22,23)/b15-9+. The number of H-pyrrole nitrogens is 1. The number of aromatic amines is 1. The number of benzene rings is 2. The number of hydrogen-bond acceptors (Lipinski definition) is 3. The Morgan fingerprint density at radius 1 is 1.16 bits per heavy atom. The summed E-state index contributed by atoms with van der Waals surface area (Å²) in [5, 5.41) is 17.7. The van der Waals surface area contributed by atoms with Crippen molar-refractivity contribution in [2.75, 3.05) is 0 Å². The highest BCUT2D eigenvalue weighted by molar-refractivity contribution is 5.76. The molecule has 1 unspecified atom stereocenters. The van der Waals surface area contributed by atoms with Crippen LogP contribution in [0.3, 0.4) is 0 Å². The number of rotatable bonds is 3. The Balaban J connectivity index is 1.62. The number of carbonyl (C=O) groups excluding carboxylic acids is 1. The number of aromatic nitrogens is 2. The van der Waals surface area contributed by atoms with E-state index in [4.69, 9.17) is 0 Å². The number of aldehydes is 1. The summed E-state index contributed by atoms with van der Waals surface area (Å²) in [6, 6.07) is 13.3. The number of hydrogen-bond donors (Lipinski definition) is 2. The second kappa shape index (κ2) is 6.11. The fourth-order valence-electron chi connectivity index (χ4n) is 3.14. The van der Waals surface area contributed by atoms with Crippen LogP contribution in [0.4, 0.5) is 4.39 Å². The molecule has 0 bridgehead atoms. The van der Waals surface area contributed by atoms with Crippen molar-refractivity contribution in [3.05, 3.63) is 82.3 Å². The van der Waals surface area contributed by atoms with Gasteiger partial charge in [0.05, 0.1) is 11.4 Å². The molecule has 4 rings (SSSR count). The number of nitrogens with zero attached hydrogens (tertiary/aromatic N) is 1. The highest BCUT2D eigenvalue weighted by atomic mass is 19.1. The normalized spacial score (nSPS) is 17.7. The quantitative estimate of drug-likeness (QED) is 0.718. The fourth-order valence-corrected chi connectivity index (χ4v) is 3.14. The summed E-state index contributed by atoms with van der Waals surface area (Å²) in [6.07, 6.45) is 2.57. The fraction of sp³-hybridized carbons (Fsp3) is 0.100. The molecule has 0 saturated carbocycles. The SMILES string of the molecule is O=Cc1ccc2c(c1)C/C(=C\c1cc(-c3ccc(F)cc3)n[nH]1)C2O. The van der Waals surface area contributed by atoms with Crippen molar-refractivity contribution >= 4 is 12.4 Å². The molecule has 124 valence electrons. The van der Waals surface area contributed by atoms with Crippen molar-refractivity contribution in [2.45, 2.75) is 12.5 Å². The van der Waals surface area contributed by atoms with Gasteiger partial charge in [0, 0.05) is 11.1 Å². The van der Waals surface area contributed by atoms with Crippen LogP contribution in [0.2, 0.25) is 0 Å². The highest BCUT2D eigenvalue weighted by Crippen LogP contribution is 2.37. The summed E-state index contributed by atoms with van der Waals surface area (Å²) < 4.78 is 13.0. The first kappa shape index (κ1) is 15.5. The van der Waals surface area contributed by atoms with Crippen LogP contribution in [0.1, 0.15) is 33.3 Å². The minimum Gasteiger partial charge on any atom is -0.384 e. The van der Waals surface area contributed by atoms with Gasteiger partial charge in [-0.1, -0.05) is 12.1 Å². The van der Waals surface area contributed by atoms with Crippen LogP contribution in [0, 0.1) is 5.82 Å². The van der Waals surface area contributed by atoms with Gasteiger partial charge in [0.15, 0.2) is 0 Å². The lowest BCUT2D eigenvalue weighted by Crippen LogP contribution is -1.94. The van der Waals surface area contributed by atoms with E-state index >= 15 is 0 Å². The molecule has 3 aromatic rings. The molecule has 25 heavy (non-hydrogen) atoms. The first-order valence-electron chi connectivity index (χ1n) is 7.92. The minimum atomic E-state index is -0.687. The zero-order valence-corrected chi connectivity index (χ0v) is 13.2. The van der Waals surface area contributed by atoms with Gasteiger partial charge in [0.1, 0.15) is 18.2 Å². The average Bonchev–Trinajstić information content (AvgIpc) is 3.21. The van der Waals surface area contributed by atoms with Crippen molar-refractivity contribution in [3.8, 4) is 11.3 Å². The zero-order valence-electron chi connectivity index (χ0n) is 13.2. The predicted octanol–water partition coefficient (Wildman–Crippen LogP) is 3.70. The molecule has 1 atom stereocenters. The summed E-state index contributed by atoms with van der Waals surface area (Å²) >= 11 is 0. The molecule has 4 nitrogen and oxygen atoms in total. The second-order valence-corrected chi connectivity index (χ2v) is 6.09. The molecule has 5 heteroatoms. The van der Waals surface area contributed by atoms with Crippen molar-refractivity contribution in [1.29, 1.82) is 0 Å². The summed E-state index contributed by atoms with van der Waals surface area (Å²) in [6.45, 7) is 0. The third-order valence-electron chi connectivity index (χ3n) is 4.42. The van der Waals surface area contributed by atoms with E-state index < -0.39 is 6.10 Å². The maximum atomic E-state index is 13.0. The van der Waals surface area contributed by atoms with Crippen molar-refractivity contribution in [3.63, 3.8) is 0 Å². The van der Waals surface area contributed by atoms with E-state index in [1.54, 1.807) is 24.3 Å². The van der Waals surface area contributed by atoms with Gasteiger partial charge >= 0.3 is 0 Å². The Kier molecular flexibility index (Phi) is 3.78. The van der Waals surface area contributed by atoms with E-state index in [2.05, 4.69) is 10.2 Å². The molecule has 0 amide bonds. The largest absolute Gasteiger partial charge is 0.384 e. The molecule has 0 radical (unpaired) electrons. The molecule has 0 aliphatic heterocycles. The van der Waals surface area contributed by atoms with Gasteiger partial charge in [0.2, 0.25) is 0 Å². The molecular weight excluding hydrogens is 319 g/mol. The molecule has 0 saturated heterocycles. The first-order chi connectivity index (χ1) is 12.1. The van der Waals surface area contributed by atoms with Crippen LogP contribution < -0.4 is 0 Å². The summed E-state index contributed by atoms with van der Waals surface area (Å²) in [5.74, 6) is -0.289. The Morgan fingerprint density at radius 2 is 1.96 bits per heavy atom. The van der Waals surface area contributed by atoms with Crippen molar-refractivity contribution in [2.24, 2.45) is 0 Å². The summed E-state index contributed by atoms with van der Waals surface area (Å²) in [5.41, 5.74) is 5.52. The van der Waals surface area contributed by atoms with E-state index in [1.165, 1.54) is 12.1 Å². The van der Waals surface area contributed by atoms with E-state index in [-0.39, 0.29) is 5.82 Å². The lowest BCUT2D eigenvalue weighted by molar-refractivity contribution is 0.112. The van der Waals surface area contributed by atoms with Gasteiger partial charge < -0.3 is 5.11 Å². The van der Waals surface area contributed by atoms with E-state index in [1.807, 2.05) is 18.2 Å².